The molecule has 1 amide bonds. The Hall–Kier alpha value is -1.72. The topological polar surface area (TPSA) is 45.2 Å². The molecule has 4 nitrogen and oxygen atoms in total. The summed E-state index contributed by atoms with van der Waals surface area (Å²) in [5.74, 6) is 1.21. The molecule has 2 aromatic rings. The van der Waals surface area contributed by atoms with Crippen molar-refractivity contribution in [1.29, 1.82) is 0 Å². The standard InChI is InChI=1S/C20H27N3OS/c1-14(2)16-4-6-17(7-5-16)19(24)22-20-21-18(13-25-20)12-23-10-8-15(3)9-11-23/h4-7,13-15H,8-12H2,1-3H3,(H,21,22,24). The van der Waals surface area contributed by atoms with E-state index >= 15 is 0 Å². The van der Waals surface area contributed by atoms with E-state index in [0.717, 1.165) is 31.2 Å². The molecule has 0 atom stereocenters. The number of aromatic nitrogens is 1. The minimum atomic E-state index is -0.0944. The second-order valence-electron chi connectivity index (χ2n) is 7.33. The highest BCUT2D eigenvalue weighted by atomic mass is 32.1. The van der Waals surface area contributed by atoms with Gasteiger partial charge in [0, 0.05) is 17.5 Å². The van der Waals surface area contributed by atoms with Gasteiger partial charge in [-0.1, -0.05) is 32.9 Å². The molecule has 0 radical (unpaired) electrons. The third-order valence-corrected chi connectivity index (χ3v) is 5.68. The quantitative estimate of drug-likeness (QED) is 0.840. The highest BCUT2D eigenvalue weighted by Gasteiger charge is 2.17. The fourth-order valence-electron chi connectivity index (χ4n) is 3.07. The minimum absolute atomic E-state index is 0.0944. The van der Waals surface area contributed by atoms with E-state index in [-0.39, 0.29) is 5.91 Å². The van der Waals surface area contributed by atoms with Gasteiger partial charge >= 0.3 is 0 Å². The fraction of sp³-hybridized carbons (Fsp3) is 0.500. The molecule has 3 rings (SSSR count). The molecular formula is C20H27N3OS. The monoisotopic (exact) mass is 357 g/mol. The Morgan fingerprint density at radius 3 is 2.60 bits per heavy atom. The minimum Gasteiger partial charge on any atom is -0.298 e. The van der Waals surface area contributed by atoms with Gasteiger partial charge in [0.15, 0.2) is 5.13 Å². The number of piperidine rings is 1. The van der Waals surface area contributed by atoms with Crippen molar-refractivity contribution < 1.29 is 4.79 Å². The second-order valence-corrected chi connectivity index (χ2v) is 8.19. The van der Waals surface area contributed by atoms with Gasteiger partial charge in [0.2, 0.25) is 0 Å². The zero-order valence-electron chi connectivity index (χ0n) is 15.3. The lowest BCUT2D eigenvalue weighted by molar-refractivity contribution is 0.102. The zero-order chi connectivity index (χ0) is 17.8. The Labute approximate surface area is 154 Å². The number of nitrogens with one attached hydrogen (secondary N) is 1. The molecule has 0 aliphatic carbocycles. The Balaban J connectivity index is 1.56. The molecule has 1 aliphatic heterocycles. The number of carbonyl (C=O) groups is 1. The number of rotatable bonds is 5. The smallest absolute Gasteiger partial charge is 0.257 e. The van der Waals surface area contributed by atoms with E-state index < -0.39 is 0 Å². The maximum Gasteiger partial charge on any atom is 0.257 e. The lowest BCUT2D eigenvalue weighted by Crippen LogP contribution is -2.32. The molecule has 25 heavy (non-hydrogen) atoms. The number of hydrogen-bond donors (Lipinski definition) is 1. The van der Waals surface area contributed by atoms with Crippen LogP contribution in [0.5, 0.6) is 0 Å². The largest absolute Gasteiger partial charge is 0.298 e. The SMILES string of the molecule is CC1CCN(Cc2csc(NC(=O)c3ccc(C(C)C)cc3)n2)CC1. The van der Waals surface area contributed by atoms with E-state index in [0.29, 0.717) is 16.6 Å². The Morgan fingerprint density at radius 1 is 1.28 bits per heavy atom. The second kappa shape index (κ2) is 8.11. The molecule has 0 spiro atoms. The normalized spacial score (nSPS) is 16.3. The molecule has 1 saturated heterocycles. The third kappa shape index (κ3) is 4.89. The van der Waals surface area contributed by atoms with E-state index in [1.807, 2.05) is 24.3 Å². The highest BCUT2D eigenvalue weighted by Crippen LogP contribution is 2.22. The number of thiazole rings is 1. The van der Waals surface area contributed by atoms with Crippen molar-refractivity contribution in [3.8, 4) is 0 Å². The summed E-state index contributed by atoms with van der Waals surface area (Å²) in [5, 5.41) is 5.65. The number of hydrogen-bond acceptors (Lipinski definition) is 4. The van der Waals surface area contributed by atoms with Crippen molar-refractivity contribution >= 4 is 22.4 Å². The number of carbonyl (C=O) groups excluding carboxylic acids is 1. The van der Waals surface area contributed by atoms with Crippen LogP contribution < -0.4 is 5.32 Å². The molecule has 134 valence electrons. The lowest BCUT2D eigenvalue weighted by atomic mass is 9.99. The van der Waals surface area contributed by atoms with Crippen molar-refractivity contribution in [1.82, 2.24) is 9.88 Å². The third-order valence-electron chi connectivity index (χ3n) is 4.87. The Kier molecular flexibility index (Phi) is 5.86. The summed E-state index contributed by atoms with van der Waals surface area (Å²) >= 11 is 1.50. The molecule has 0 bridgehead atoms. The molecule has 0 saturated carbocycles. The Morgan fingerprint density at radius 2 is 1.96 bits per heavy atom. The molecule has 2 heterocycles. The van der Waals surface area contributed by atoms with E-state index in [2.05, 4.69) is 41.4 Å². The van der Waals surface area contributed by atoms with Gasteiger partial charge in [0.05, 0.1) is 5.69 Å². The first-order valence-corrected chi connectivity index (χ1v) is 9.97. The molecule has 1 fully saturated rings. The van der Waals surface area contributed by atoms with Crippen molar-refractivity contribution in [2.45, 2.75) is 46.1 Å². The van der Waals surface area contributed by atoms with Crippen LogP contribution in [0.15, 0.2) is 29.6 Å². The van der Waals surface area contributed by atoms with Crippen LogP contribution in [0.25, 0.3) is 0 Å². The van der Waals surface area contributed by atoms with Crippen LogP contribution in [-0.4, -0.2) is 28.9 Å². The maximum absolute atomic E-state index is 12.4. The zero-order valence-corrected chi connectivity index (χ0v) is 16.1. The summed E-state index contributed by atoms with van der Waals surface area (Å²) in [6, 6.07) is 7.80. The van der Waals surface area contributed by atoms with Crippen LogP contribution in [0.3, 0.4) is 0 Å². The van der Waals surface area contributed by atoms with Gasteiger partial charge in [-0.05, 0) is 55.5 Å². The molecule has 5 heteroatoms. The van der Waals surface area contributed by atoms with E-state index in [1.165, 1.54) is 29.7 Å². The number of likely N-dealkylation sites (tertiary alicyclic amines) is 1. The number of anilines is 1. The summed E-state index contributed by atoms with van der Waals surface area (Å²) in [5.41, 5.74) is 2.96. The molecular weight excluding hydrogens is 330 g/mol. The van der Waals surface area contributed by atoms with Gasteiger partial charge in [0.25, 0.3) is 5.91 Å². The molecule has 1 N–H and O–H groups in total. The van der Waals surface area contributed by atoms with Gasteiger partial charge in [-0.2, -0.15) is 0 Å². The molecule has 1 aromatic carbocycles. The number of benzene rings is 1. The van der Waals surface area contributed by atoms with Gasteiger partial charge in [-0.15, -0.1) is 11.3 Å². The number of nitrogens with zero attached hydrogens (tertiary/aromatic N) is 2. The average Bonchev–Trinajstić information content (AvgIpc) is 3.04. The van der Waals surface area contributed by atoms with Crippen LogP contribution in [0, 0.1) is 5.92 Å². The van der Waals surface area contributed by atoms with Gasteiger partial charge in [-0.3, -0.25) is 15.0 Å². The van der Waals surface area contributed by atoms with E-state index in [1.54, 1.807) is 0 Å². The van der Waals surface area contributed by atoms with Gasteiger partial charge < -0.3 is 0 Å². The summed E-state index contributed by atoms with van der Waals surface area (Å²) in [6.07, 6.45) is 2.53. The molecule has 1 aromatic heterocycles. The van der Waals surface area contributed by atoms with Crippen molar-refractivity contribution in [3.05, 3.63) is 46.5 Å². The highest BCUT2D eigenvalue weighted by molar-refractivity contribution is 7.13. The predicted octanol–water partition coefficient (Wildman–Crippen LogP) is 4.75. The van der Waals surface area contributed by atoms with E-state index in [9.17, 15) is 4.79 Å². The predicted molar refractivity (Wildman–Crippen MR) is 104 cm³/mol. The summed E-state index contributed by atoms with van der Waals surface area (Å²) in [6.45, 7) is 9.78. The van der Waals surface area contributed by atoms with Crippen molar-refractivity contribution in [2.24, 2.45) is 5.92 Å². The van der Waals surface area contributed by atoms with Crippen molar-refractivity contribution in [2.75, 3.05) is 18.4 Å². The van der Waals surface area contributed by atoms with Crippen LogP contribution in [0.4, 0.5) is 5.13 Å². The molecule has 0 unspecified atom stereocenters. The first-order chi connectivity index (χ1) is 12.0. The van der Waals surface area contributed by atoms with E-state index in [4.69, 9.17) is 0 Å². The average molecular weight is 358 g/mol. The summed E-state index contributed by atoms with van der Waals surface area (Å²) in [7, 11) is 0. The van der Waals surface area contributed by atoms with Crippen LogP contribution in [0.2, 0.25) is 0 Å². The first-order valence-electron chi connectivity index (χ1n) is 9.09. The Bertz CT molecular complexity index is 700. The molecule has 1 aliphatic rings. The lowest BCUT2D eigenvalue weighted by Gasteiger charge is -2.29. The summed E-state index contributed by atoms with van der Waals surface area (Å²) in [4.78, 5) is 19.4. The summed E-state index contributed by atoms with van der Waals surface area (Å²) < 4.78 is 0. The first kappa shape index (κ1) is 18.1. The van der Waals surface area contributed by atoms with Gasteiger partial charge in [-0.25, -0.2) is 4.98 Å². The van der Waals surface area contributed by atoms with Crippen LogP contribution in [0.1, 0.15) is 61.1 Å². The van der Waals surface area contributed by atoms with Crippen molar-refractivity contribution in [3.63, 3.8) is 0 Å². The van der Waals surface area contributed by atoms with Crippen LogP contribution >= 0.6 is 11.3 Å². The fourth-order valence-corrected chi connectivity index (χ4v) is 3.77. The van der Waals surface area contributed by atoms with Crippen LogP contribution in [-0.2, 0) is 6.54 Å². The number of amides is 1. The van der Waals surface area contributed by atoms with Gasteiger partial charge in [0.1, 0.15) is 0 Å². The maximum atomic E-state index is 12.4.